The summed E-state index contributed by atoms with van der Waals surface area (Å²) in [4.78, 5) is 0. The number of quaternary nitrogens is 1. The van der Waals surface area contributed by atoms with Crippen molar-refractivity contribution in [3.8, 4) is 0 Å². The third-order valence-corrected chi connectivity index (χ3v) is 2.87. The number of hydrogen-bond donors (Lipinski definition) is 0. The largest absolute Gasteiger partial charge is 0.379 e. The predicted molar refractivity (Wildman–Crippen MR) is 46.5 cm³/mol. The molecule has 0 saturated carbocycles. The molecule has 1 aliphatic rings. The summed E-state index contributed by atoms with van der Waals surface area (Å²) in [6.45, 7) is 2.24. The van der Waals surface area contributed by atoms with Crippen molar-refractivity contribution in [3.63, 3.8) is 0 Å². The fourth-order valence-corrected chi connectivity index (χ4v) is 1.91. The highest BCUT2D eigenvalue weighted by Gasteiger charge is 2.30. The molecule has 66 valence electrons. The van der Waals surface area contributed by atoms with Crippen molar-refractivity contribution in [2.24, 2.45) is 0 Å². The van der Waals surface area contributed by atoms with Crippen molar-refractivity contribution in [2.45, 2.75) is 25.3 Å². The van der Waals surface area contributed by atoms with Gasteiger partial charge in [-0.3, -0.25) is 0 Å². The number of hydrogen-bond acceptors (Lipinski definition) is 1. The Morgan fingerprint density at radius 3 is 2.64 bits per heavy atom. The summed E-state index contributed by atoms with van der Waals surface area (Å²) >= 11 is 0. The van der Waals surface area contributed by atoms with Gasteiger partial charge in [0.1, 0.15) is 6.04 Å². The highest BCUT2D eigenvalue weighted by Crippen LogP contribution is 2.21. The third-order valence-electron chi connectivity index (χ3n) is 2.87. The van der Waals surface area contributed by atoms with Gasteiger partial charge in [-0.1, -0.05) is 0 Å². The molecule has 0 aromatic carbocycles. The van der Waals surface area contributed by atoms with E-state index in [0.29, 0.717) is 0 Å². The topological polar surface area (TPSA) is 9.23 Å². The lowest BCUT2D eigenvalue weighted by Gasteiger charge is -2.41. The number of methoxy groups -OCH3 is 1. The smallest absolute Gasteiger partial charge is 0.112 e. The van der Waals surface area contributed by atoms with Crippen molar-refractivity contribution in [1.29, 1.82) is 0 Å². The average molecular weight is 158 g/mol. The second-order valence-electron chi connectivity index (χ2n) is 4.11. The molecule has 1 heterocycles. The van der Waals surface area contributed by atoms with Gasteiger partial charge in [0.05, 0.1) is 27.2 Å². The van der Waals surface area contributed by atoms with Gasteiger partial charge in [-0.25, -0.2) is 0 Å². The molecule has 0 aromatic heterocycles. The maximum Gasteiger partial charge on any atom is 0.112 e. The van der Waals surface area contributed by atoms with Gasteiger partial charge in [-0.2, -0.15) is 0 Å². The summed E-state index contributed by atoms with van der Waals surface area (Å²) in [5.74, 6) is 0. The SMILES string of the molecule is COCC1CCCC[N+]1(C)C. The van der Waals surface area contributed by atoms with Gasteiger partial charge in [0.15, 0.2) is 0 Å². The Morgan fingerprint density at radius 2 is 2.09 bits per heavy atom. The van der Waals surface area contributed by atoms with Crippen LogP contribution in [0.15, 0.2) is 0 Å². The van der Waals surface area contributed by atoms with E-state index < -0.39 is 0 Å². The van der Waals surface area contributed by atoms with E-state index in [0.717, 1.165) is 17.1 Å². The first-order chi connectivity index (χ1) is 5.17. The van der Waals surface area contributed by atoms with Gasteiger partial charge in [-0.05, 0) is 12.8 Å². The standard InChI is InChI=1S/C9H20NO/c1-10(2)7-5-4-6-9(10)8-11-3/h9H,4-8H2,1-3H3/q+1. The van der Waals surface area contributed by atoms with E-state index in [1.807, 2.05) is 0 Å². The van der Waals surface area contributed by atoms with Crippen LogP contribution in [-0.2, 0) is 4.74 Å². The monoisotopic (exact) mass is 158 g/mol. The summed E-state index contributed by atoms with van der Waals surface area (Å²) in [6, 6.07) is 0.730. The molecule has 0 N–H and O–H groups in total. The maximum atomic E-state index is 5.20. The maximum absolute atomic E-state index is 5.20. The molecule has 11 heavy (non-hydrogen) atoms. The molecule has 0 radical (unpaired) electrons. The minimum atomic E-state index is 0.730. The summed E-state index contributed by atoms with van der Waals surface area (Å²) in [5, 5.41) is 0. The molecule has 0 aromatic rings. The van der Waals surface area contributed by atoms with Gasteiger partial charge in [0.2, 0.25) is 0 Å². The predicted octanol–water partition coefficient (Wildman–Crippen LogP) is 1.26. The van der Waals surface area contributed by atoms with Crippen LogP contribution in [0.4, 0.5) is 0 Å². The number of likely N-dealkylation sites (N-methyl/N-ethyl adjacent to an activating group) is 1. The van der Waals surface area contributed by atoms with E-state index in [-0.39, 0.29) is 0 Å². The molecular weight excluding hydrogens is 138 g/mol. The van der Waals surface area contributed by atoms with E-state index in [4.69, 9.17) is 4.74 Å². The molecule has 2 nitrogen and oxygen atoms in total. The molecule has 0 amide bonds. The molecule has 1 saturated heterocycles. The van der Waals surface area contributed by atoms with Crippen molar-refractivity contribution in [1.82, 2.24) is 0 Å². The van der Waals surface area contributed by atoms with Gasteiger partial charge in [0.25, 0.3) is 0 Å². The van der Waals surface area contributed by atoms with Crippen LogP contribution in [0, 0.1) is 0 Å². The Kier molecular flexibility index (Phi) is 2.90. The van der Waals surface area contributed by atoms with Gasteiger partial charge >= 0.3 is 0 Å². The minimum Gasteiger partial charge on any atom is -0.379 e. The summed E-state index contributed by atoms with van der Waals surface area (Å²) in [7, 11) is 6.42. The molecule has 1 unspecified atom stereocenters. The molecule has 1 rings (SSSR count). The average Bonchev–Trinajstić information content (AvgIpc) is 1.94. The highest BCUT2D eigenvalue weighted by atomic mass is 16.5. The van der Waals surface area contributed by atoms with Crippen LogP contribution >= 0.6 is 0 Å². The van der Waals surface area contributed by atoms with Gasteiger partial charge in [0, 0.05) is 13.5 Å². The quantitative estimate of drug-likeness (QED) is 0.550. The van der Waals surface area contributed by atoms with Crippen LogP contribution in [0.25, 0.3) is 0 Å². The van der Waals surface area contributed by atoms with Crippen LogP contribution in [0.5, 0.6) is 0 Å². The fourth-order valence-electron chi connectivity index (χ4n) is 1.91. The van der Waals surface area contributed by atoms with Crippen molar-refractivity contribution in [2.75, 3.05) is 34.4 Å². The molecule has 1 fully saturated rings. The van der Waals surface area contributed by atoms with E-state index in [2.05, 4.69) is 14.1 Å². The zero-order valence-electron chi connectivity index (χ0n) is 7.97. The van der Waals surface area contributed by atoms with E-state index in [9.17, 15) is 0 Å². The number of ether oxygens (including phenoxy) is 1. The molecule has 0 aliphatic carbocycles. The Morgan fingerprint density at radius 1 is 1.36 bits per heavy atom. The molecule has 0 bridgehead atoms. The van der Waals surface area contributed by atoms with Gasteiger partial charge in [-0.15, -0.1) is 0 Å². The first-order valence-electron chi connectivity index (χ1n) is 4.48. The number of likely N-dealkylation sites (tertiary alicyclic amines) is 1. The van der Waals surface area contributed by atoms with E-state index >= 15 is 0 Å². The Bertz CT molecular complexity index is 121. The molecular formula is C9H20NO+. The minimum absolute atomic E-state index is 0.730. The lowest BCUT2D eigenvalue weighted by molar-refractivity contribution is -0.920. The lowest BCUT2D eigenvalue weighted by atomic mass is 10.0. The van der Waals surface area contributed by atoms with Crippen LogP contribution < -0.4 is 0 Å². The van der Waals surface area contributed by atoms with Crippen molar-refractivity contribution < 1.29 is 9.22 Å². The fraction of sp³-hybridized carbons (Fsp3) is 1.00. The lowest BCUT2D eigenvalue weighted by Crippen LogP contribution is -2.53. The summed E-state index contributed by atoms with van der Waals surface area (Å²) in [5.41, 5.74) is 0. The molecule has 0 spiro atoms. The molecule has 1 aliphatic heterocycles. The van der Waals surface area contributed by atoms with E-state index in [1.54, 1.807) is 7.11 Å². The van der Waals surface area contributed by atoms with Crippen LogP contribution in [0.1, 0.15) is 19.3 Å². The molecule has 2 heteroatoms. The Labute approximate surface area is 69.7 Å². The number of rotatable bonds is 2. The highest BCUT2D eigenvalue weighted by molar-refractivity contribution is 4.63. The first kappa shape index (κ1) is 9.01. The van der Waals surface area contributed by atoms with Crippen molar-refractivity contribution in [3.05, 3.63) is 0 Å². The van der Waals surface area contributed by atoms with Crippen LogP contribution in [0.3, 0.4) is 0 Å². The summed E-state index contributed by atoms with van der Waals surface area (Å²) in [6.07, 6.45) is 4.10. The second-order valence-corrected chi connectivity index (χ2v) is 4.11. The zero-order chi connectivity index (χ0) is 8.32. The molecule has 1 atom stereocenters. The third kappa shape index (κ3) is 2.17. The van der Waals surface area contributed by atoms with Crippen molar-refractivity contribution >= 4 is 0 Å². The normalized spacial score (nSPS) is 30.3. The van der Waals surface area contributed by atoms with Crippen LogP contribution in [0.2, 0.25) is 0 Å². The zero-order valence-corrected chi connectivity index (χ0v) is 7.97. The summed E-state index contributed by atoms with van der Waals surface area (Å²) < 4.78 is 6.35. The first-order valence-corrected chi connectivity index (χ1v) is 4.48. The number of piperidine rings is 1. The second kappa shape index (κ2) is 3.55. The van der Waals surface area contributed by atoms with E-state index in [1.165, 1.54) is 25.8 Å². The number of nitrogens with zero attached hydrogens (tertiary/aromatic N) is 1. The Hall–Kier alpha value is -0.0800. The van der Waals surface area contributed by atoms with Gasteiger partial charge < -0.3 is 9.22 Å². The van der Waals surface area contributed by atoms with Crippen LogP contribution in [-0.4, -0.2) is 44.9 Å². The Balaban J connectivity index is 2.45.